The summed E-state index contributed by atoms with van der Waals surface area (Å²) in [6.07, 6.45) is 4.47. The Hall–Kier alpha value is -1.84. The van der Waals surface area contributed by atoms with Gasteiger partial charge >= 0.3 is 0 Å². The summed E-state index contributed by atoms with van der Waals surface area (Å²) in [7, 11) is 0. The van der Waals surface area contributed by atoms with Crippen LogP contribution in [0.3, 0.4) is 0 Å². The lowest BCUT2D eigenvalue weighted by molar-refractivity contribution is 0.682. The molecule has 106 valence electrons. The number of nitrogens with one attached hydrogen (secondary N) is 1. The van der Waals surface area contributed by atoms with Crippen molar-refractivity contribution in [1.82, 2.24) is 15.1 Å². The predicted octanol–water partition coefficient (Wildman–Crippen LogP) is 3.93. The molecule has 0 amide bonds. The maximum atomic E-state index is 6.20. The Bertz CT molecular complexity index is 790. The van der Waals surface area contributed by atoms with E-state index in [0.717, 1.165) is 28.2 Å². The minimum atomic E-state index is 0.683. The van der Waals surface area contributed by atoms with Crippen molar-refractivity contribution in [2.45, 2.75) is 25.4 Å². The van der Waals surface area contributed by atoms with Crippen molar-refractivity contribution in [3.05, 3.63) is 59.2 Å². The molecule has 3 aromatic rings. The average Bonchev–Trinajstić information content (AvgIpc) is 3.23. The third kappa shape index (κ3) is 2.55. The van der Waals surface area contributed by atoms with Crippen molar-refractivity contribution in [2.75, 3.05) is 0 Å². The molecule has 3 nitrogen and oxygen atoms in total. The highest BCUT2D eigenvalue weighted by Gasteiger charge is 2.21. The molecule has 0 radical (unpaired) electrons. The molecule has 0 atom stereocenters. The minimum Gasteiger partial charge on any atom is -0.310 e. The molecule has 1 fully saturated rings. The largest absolute Gasteiger partial charge is 0.310 e. The molecule has 0 unspecified atom stereocenters. The first-order chi connectivity index (χ1) is 10.3. The Kier molecular flexibility index (Phi) is 3.17. The van der Waals surface area contributed by atoms with Gasteiger partial charge in [-0.25, -0.2) is 4.68 Å². The molecule has 0 spiro atoms. The maximum Gasteiger partial charge on any atom is 0.0741 e. The number of halogens is 1. The molecule has 0 saturated heterocycles. The van der Waals surface area contributed by atoms with Gasteiger partial charge in [0.05, 0.1) is 17.4 Å². The van der Waals surface area contributed by atoms with E-state index in [2.05, 4.69) is 28.6 Å². The summed E-state index contributed by atoms with van der Waals surface area (Å²) in [5.74, 6) is 0. The summed E-state index contributed by atoms with van der Waals surface area (Å²) in [6.45, 7) is 0.853. The summed E-state index contributed by atoms with van der Waals surface area (Å²) in [6, 6.07) is 14.9. The van der Waals surface area contributed by atoms with Gasteiger partial charge < -0.3 is 5.32 Å². The molecule has 4 heteroatoms. The fourth-order valence-corrected chi connectivity index (χ4v) is 2.76. The minimum absolute atomic E-state index is 0.683. The number of aromatic nitrogens is 2. The van der Waals surface area contributed by atoms with E-state index in [1.165, 1.54) is 18.4 Å². The summed E-state index contributed by atoms with van der Waals surface area (Å²) >= 11 is 6.20. The Morgan fingerprint density at radius 2 is 2.05 bits per heavy atom. The normalized spacial score (nSPS) is 14.7. The van der Waals surface area contributed by atoms with Gasteiger partial charge in [-0.2, -0.15) is 5.10 Å². The van der Waals surface area contributed by atoms with Crippen LogP contribution in [0.2, 0.25) is 5.02 Å². The summed E-state index contributed by atoms with van der Waals surface area (Å²) in [5, 5.41) is 9.97. The first kappa shape index (κ1) is 12.9. The van der Waals surface area contributed by atoms with Crippen molar-refractivity contribution in [1.29, 1.82) is 0 Å². The fourth-order valence-electron chi connectivity index (χ4n) is 2.59. The number of para-hydroxylation sites is 1. The van der Waals surface area contributed by atoms with Gasteiger partial charge in [0.15, 0.2) is 0 Å². The molecule has 1 aromatic heterocycles. The second-order valence-corrected chi connectivity index (χ2v) is 5.98. The molecule has 4 rings (SSSR count). The average molecular weight is 298 g/mol. The third-order valence-corrected chi connectivity index (χ3v) is 4.15. The number of fused-ring (bicyclic) bond motifs is 1. The van der Waals surface area contributed by atoms with Crippen LogP contribution in [0.25, 0.3) is 16.6 Å². The fraction of sp³-hybridized carbons (Fsp3) is 0.235. The van der Waals surface area contributed by atoms with E-state index in [9.17, 15) is 0 Å². The van der Waals surface area contributed by atoms with Crippen molar-refractivity contribution in [3.8, 4) is 5.69 Å². The summed E-state index contributed by atoms with van der Waals surface area (Å²) in [4.78, 5) is 0. The zero-order valence-electron chi connectivity index (χ0n) is 11.6. The monoisotopic (exact) mass is 297 g/mol. The number of nitrogens with zero attached hydrogens (tertiary/aromatic N) is 2. The summed E-state index contributed by atoms with van der Waals surface area (Å²) < 4.78 is 1.98. The van der Waals surface area contributed by atoms with Crippen molar-refractivity contribution < 1.29 is 0 Å². The number of hydrogen-bond donors (Lipinski definition) is 1. The molecular weight excluding hydrogens is 282 g/mol. The second-order valence-electron chi connectivity index (χ2n) is 5.54. The number of hydrogen-bond acceptors (Lipinski definition) is 2. The van der Waals surface area contributed by atoms with Crippen LogP contribution in [0, 0.1) is 0 Å². The Morgan fingerprint density at radius 3 is 2.90 bits per heavy atom. The molecule has 1 heterocycles. The first-order valence-electron chi connectivity index (χ1n) is 7.26. The smallest absolute Gasteiger partial charge is 0.0741 e. The zero-order chi connectivity index (χ0) is 14.2. The number of rotatable bonds is 4. The van der Waals surface area contributed by atoms with Gasteiger partial charge in [0, 0.05) is 23.0 Å². The molecule has 1 aliphatic carbocycles. The van der Waals surface area contributed by atoms with Crippen molar-refractivity contribution >= 4 is 22.5 Å². The molecule has 1 saturated carbocycles. The topological polar surface area (TPSA) is 29.9 Å². The molecule has 0 aliphatic heterocycles. The molecule has 1 N–H and O–H groups in total. The van der Waals surface area contributed by atoms with Crippen molar-refractivity contribution in [3.63, 3.8) is 0 Å². The van der Waals surface area contributed by atoms with Crippen LogP contribution >= 0.6 is 11.6 Å². The zero-order valence-corrected chi connectivity index (χ0v) is 12.3. The highest BCUT2D eigenvalue weighted by Crippen LogP contribution is 2.25. The van der Waals surface area contributed by atoms with Gasteiger partial charge in [-0.3, -0.25) is 0 Å². The lowest BCUT2D eigenvalue weighted by atomic mass is 10.1. The third-order valence-electron chi connectivity index (χ3n) is 3.91. The van der Waals surface area contributed by atoms with Gasteiger partial charge in [-0.05, 0) is 36.6 Å². The van der Waals surface area contributed by atoms with E-state index in [1.807, 2.05) is 35.1 Å². The van der Waals surface area contributed by atoms with Crippen molar-refractivity contribution in [2.24, 2.45) is 0 Å². The van der Waals surface area contributed by atoms with Gasteiger partial charge in [-0.1, -0.05) is 35.9 Å². The van der Waals surface area contributed by atoms with Crippen LogP contribution in [0.1, 0.15) is 18.4 Å². The molecule has 2 aromatic carbocycles. The molecule has 0 bridgehead atoms. The maximum absolute atomic E-state index is 6.20. The van der Waals surface area contributed by atoms with Crippen LogP contribution in [-0.2, 0) is 6.54 Å². The Balaban J connectivity index is 1.80. The quantitative estimate of drug-likeness (QED) is 0.791. The van der Waals surface area contributed by atoms with E-state index < -0.39 is 0 Å². The van der Waals surface area contributed by atoms with Crippen LogP contribution in [0.4, 0.5) is 0 Å². The van der Waals surface area contributed by atoms with E-state index in [4.69, 9.17) is 11.6 Å². The van der Waals surface area contributed by atoms with E-state index in [-0.39, 0.29) is 0 Å². The Morgan fingerprint density at radius 1 is 1.19 bits per heavy atom. The van der Waals surface area contributed by atoms with E-state index in [0.29, 0.717) is 6.04 Å². The van der Waals surface area contributed by atoms with E-state index in [1.54, 1.807) is 0 Å². The van der Waals surface area contributed by atoms with Gasteiger partial charge in [0.1, 0.15) is 0 Å². The van der Waals surface area contributed by atoms with Gasteiger partial charge in [0.25, 0.3) is 0 Å². The highest BCUT2D eigenvalue weighted by molar-refractivity contribution is 6.30. The molecule has 21 heavy (non-hydrogen) atoms. The standard InChI is InChI=1S/C17H16ClN3/c18-14-6-5-13(10-19-15-7-8-15)17(9-14)21-16-4-2-1-3-12(16)11-20-21/h1-6,9,11,15,19H,7-8,10H2. The lowest BCUT2D eigenvalue weighted by Crippen LogP contribution is -2.17. The predicted molar refractivity (Wildman–Crippen MR) is 85.9 cm³/mol. The number of benzene rings is 2. The lowest BCUT2D eigenvalue weighted by Gasteiger charge is -2.12. The SMILES string of the molecule is Clc1ccc(CNC2CC2)c(-n2ncc3ccccc32)c1. The van der Waals surface area contributed by atoms with Crippen LogP contribution in [-0.4, -0.2) is 15.8 Å². The van der Waals surface area contributed by atoms with Gasteiger partial charge in [-0.15, -0.1) is 0 Å². The molecule has 1 aliphatic rings. The van der Waals surface area contributed by atoms with E-state index >= 15 is 0 Å². The first-order valence-corrected chi connectivity index (χ1v) is 7.64. The summed E-state index contributed by atoms with van der Waals surface area (Å²) in [5.41, 5.74) is 3.38. The highest BCUT2D eigenvalue weighted by atomic mass is 35.5. The van der Waals surface area contributed by atoms with Crippen LogP contribution in [0.15, 0.2) is 48.7 Å². The molecular formula is C17H16ClN3. The van der Waals surface area contributed by atoms with Crippen LogP contribution in [0.5, 0.6) is 0 Å². The van der Waals surface area contributed by atoms with Crippen LogP contribution < -0.4 is 5.32 Å². The van der Waals surface area contributed by atoms with Gasteiger partial charge in [0.2, 0.25) is 0 Å². The Labute approximate surface area is 128 Å². The second kappa shape index (κ2) is 5.17.